The second-order valence-corrected chi connectivity index (χ2v) is 4.82. The van der Waals surface area contributed by atoms with Crippen molar-refractivity contribution in [1.82, 2.24) is 10.6 Å². The fourth-order valence-electron chi connectivity index (χ4n) is 1.78. The Morgan fingerprint density at radius 1 is 1.13 bits per heavy atom. The lowest BCUT2D eigenvalue weighted by Gasteiger charge is -2.12. The van der Waals surface area contributed by atoms with Gasteiger partial charge < -0.3 is 20.2 Å². The average molecular weight is 333 g/mol. The van der Waals surface area contributed by atoms with Crippen molar-refractivity contribution < 1.29 is 19.1 Å². The molecule has 1 heterocycles. The second kappa shape index (κ2) is 8.06. The van der Waals surface area contributed by atoms with Gasteiger partial charge in [-0.15, -0.1) is 0 Å². The number of rotatable bonds is 5. The molecular formula is C15H15N3O4S. The first-order valence-corrected chi connectivity index (χ1v) is 7.16. The van der Waals surface area contributed by atoms with Gasteiger partial charge in [-0.2, -0.15) is 0 Å². The van der Waals surface area contributed by atoms with Gasteiger partial charge in [-0.25, -0.2) is 0 Å². The summed E-state index contributed by atoms with van der Waals surface area (Å²) in [7, 11) is 0. The van der Waals surface area contributed by atoms with E-state index >= 15 is 0 Å². The van der Waals surface area contributed by atoms with Crippen LogP contribution in [0.15, 0.2) is 47.1 Å². The van der Waals surface area contributed by atoms with Crippen molar-refractivity contribution in [2.45, 2.75) is 0 Å². The fourth-order valence-corrected chi connectivity index (χ4v) is 1.98. The maximum atomic E-state index is 12.0. The van der Waals surface area contributed by atoms with E-state index in [4.69, 9.17) is 21.7 Å². The van der Waals surface area contributed by atoms with Crippen molar-refractivity contribution in [3.8, 4) is 0 Å². The highest BCUT2D eigenvalue weighted by atomic mass is 32.1. The molecule has 0 fully saturated rings. The summed E-state index contributed by atoms with van der Waals surface area (Å²) in [6.07, 6.45) is 1.38. The Bertz CT molecular complexity index is 701. The Morgan fingerprint density at radius 3 is 2.61 bits per heavy atom. The zero-order valence-corrected chi connectivity index (χ0v) is 12.9. The summed E-state index contributed by atoms with van der Waals surface area (Å²) in [4.78, 5) is 23.8. The topological polar surface area (TPSA) is 104 Å². The molecule has 0 saturated heterocycles. The summed E-state index contributed by atoms with van der Waals surface area (Å²) in [5.74, 6) is -0.722. The monoisotopic (exact) mass is 333 g/mol. The molecule has 8 heteroatoms. The molecule has 0 bridgehead atoms. The number of anilines is 1. The number of hydrogen-bond acceptors (Lipinski definition) is 5. The van der Waals surface area contributed by atoms with Crippen LogP contribution in [0.2, 0.25) is 0 Å². The Labute approximate surface area is 137 Å². The maximum absolute atomic E-state index is 12.0. The first-order chi connectivity index (χ1) is 11.1. The number of amides is 2. The van der Waals surface area contributed by atoms with Gasteiger partial charge in [0.2, 0.25) is 0 Å². The van der Waals surface area contributed by atoms with Gasteiger partial charge in [0.1, 0.15) is 0 Å². The van der Waals surface area contributed by atoms with Crippen molar-refractivity contribution in [2.24, 2.45) is 0 Å². The van der Waals surface area contributed by atoms with Gasteiger partial charge >= 0.3 is 0 Å². The van der Waals surface area contributed by atoms with Crippen LogP contribution >= 0.6 is 12.2 Å². The van der Waals surface area contributed by atoms with E-state index in [1.54, 1.807) is 30.3 Å². The van der Waals surface area contributed by atoms with Crippen LogP contribution in [0.1, 0.15) is 20.9 Å². The van der Waals surface area contributed by atoms with Crippen LogP contribution in [0.5, 0.6) is 0 Å². The normalized spacial score (nSPS) is 9.96. The molecule has 0 saturated carbocycles. The Kier molecular flexibility index (Phi) is 5.84. The Morgan fingerprint density at radius 2 is 1.91 bits per heavy atom. The van der Waals surface area contributed by atoms with Crippen LogP contribution in [-0.4, -0.2) is 35.2 Å². The lowest BCUT2D eigenvalue weighted by atomic mass is 10.1. The number of carbonyl (C=O) groups excluding carboxylic acids is 2. The minimum Gasteiger partial charge on any atom is -0.459 e. The van der Waals surface area contributed by atoms with Crippen molar-refractivity contribution in [2.75, 3.05) is 18.5 Å². The zero-order chi connectivity index (χ0) is 16.7. The van der Waals surface area contributed by atoms with Crippen LogP contribution in [0.4, 0.5) is 5.69 Å². The summed E-state index contributed by atoms with van der Waals surface area (Å²) in [6.45, 7) is -0.00814. The number of benzene rings is 1. The molecule has 0 spiro atoms. The zero-order valence-electron chi connectivity index (χ0n) is 12.0. The molecule has 23 heavy (non-hydrogen) atoms. The van der Waals surface area contributed by atoms with Gasteiger partial charge in [0, 0.05) is 6.54 Å². The molecule has 0 aliphatic heterocycles. The van der Waals surface area contributed by atoms with Crippen molar-refractivity contribution in [1.29, 1.82) is 0 Å². The molecule has 0 aliphatic rings. The number of hydrogen-bond donors (Lipinski definition) is 4. The van der Waals surface area contributed by atoms with E-state index in [2.05, 4.69) is 16.0 Å². The predicted molar refractivity (Wildman–Crippen MR) is 88.3 cm³/mol. The van der Waals surface area contributed by atoms with Gasteiger partial charge in [0.05, 0.1) is 24.1 Å². The maximum Gasteiger partial charge on any atom is 0.293 e. The predicted octanol–water partition coefficient (Wildman–Crippen LogP) is 1.13. The minimum atomic E-state index is -0.491. The van der Waals surface area contributed by atoms with Crippen LogP contribution < -0.4 is 16.0 Å². The molecule has 7 nitrogen and oxygen atoms in total. The number of aliphatic hydroxyl groups excluding tert-OH is 1. The summed E-state index contributed by atoms with van der Waals surface area (Å²) in [5.41, 5.74) is 0.781. The highest BCUT2D eigenvalue weighted by Crippen LogP contribution is 2.14. The van der Waals surface area contributed by atoms with Gasteiger partial charge in [0.15, 0.2) is 10.9 Å². The third-order valence-corrected chi connectivity index (χ3v) is 2.99. The third-order valence-electron chi connectivity index (χ3n) is 2.79. The summed E-state index contributed by atoms with van der Waals surface area (Å²) >= 11 is 5.06. The molecule has 2 amide bonds. The second-order valence-electron chi connectivity index (χ2n) is 4.41. The molecule has 0 unspecified atom stereocenters. The van der Waals surface area contributed by atoms with Crippen LogP contribution in [0, 0.1) is 0 Å². The summed E-state index contributed by atoms with van der Waals surface area (Å²) in [5, 5.41) is 16.6. The number of aliphatic hydroxyl groups is 1. The summed E-state index contributed by atoms with van der Waals surface area (Å²) < 4.78 is 4.97. The lowest BCUT2D eigenvalue weighted by Crippen LogP contribution is -2.35. The molecule has 2 rings (SSSR count). The van der Waals surface area contributed by atoms with Crippen molar-refractivity contribution >= 4 is 34.8 Å². The molecular weight excluding hydrogens is 318 g/mol. The molecule has 1 aromatic heterocycles. The van der Waals surface area contributed by atoms with Crippen LogP contribution in [-0.2, 0) is 0 Å². The fraction of sp³-hybridized carbons (Fsp3) is 0.133. The van der Waals surface area contributed by atoms with Crippen LogP contribution in [0.25, 0.3) is 0 Å². The van der Waals surface area contributed by atoms with Gasteiger partial charge in [0.25, 0.3) is 11.8 Å². The molecule has 0 aliphatic carbocycles. The van der Waals surface area contributed by atoms with E-state index in [1.165, 1.54) is 12.3 Å². The quantitative estimate of drug-likeness (QED) is 0.612. The number of furan rings is 1. The largest absolute Gasteiger partial charge is 0.459 e. The van der Waals surface area contributed by atoms with E-state index in [0.29, 0.717) is 11.3 Å². The van der Waals surface area contributed by atoms with Gasteiger partial charge in [-0.3, -0.25) is 14.9 Å². The Balaban J connectivity index is 2.03. The molecule has 0 radical (unpaired) electrons. The summed E-state index contributed by atoms with van der Waals surface area (Å²) in [6, 6.07) is 9.78. The SMILES string of the molecule is O=C(NC(=S)Nc1ccccc1C(=O)NCCO)c1ccco1. The molecule has 0 atom stereocenters. The van der Waals surface area contributed by atoms with Gasteiger partial charge in [-0.1, -0.05) is 12.1 Å². The lowest BCUT2D eigenvalue weighted by molar-refractivity contribution is 0.0941. The molecule has 2 aromatic rings. The third kappa shape index (κ3) is 4.63. The molecule has 120 valence electrons. The number of thiocarbonyl (C=S) groups is 1. The Hall–Kier alpha value is -2.71. The van der Waals surface area contributed by atoms with Gasteiger partial charge in [-0.05, 0) is 36.5 Å². The molecule has 4 N–H and O–H groups in total. The highest BCUT2D eigenvalue weighted by Gasteiger charge is 2.14. The van der Waals surface area contributed by atoms with E-state index in [0.717, 1.165) is 0 Å². The van der Waals surface area contributed by atoms with Crippen molar-refractivity contribution in [3.05, 3.63) is 54.0 Å². The van der Waals surface area contributed by atoms with E-state index < -0.39 is 5.91 Å². The van der Waals surface area contributed by atoms with E-state index in [1.807, 2.05) is 0 Å². The number of para-hydroxylation sites is 1. The number of nitrogens with one attached hydrogen (secondary N) is 3. The van der Waals surface area contributed by atoms with E-state index in [9.17, 15) is 9.59 Å². The minimum absolute atomic E-state index is 0.0359. The highest BCUT2D eigenvalue weighted by molar-refractivity contribution is 7.80. The van der Waals surface area contributed by atoms with E-state index in [-0.39, 0.29) is 29.9 Å². The first-order valence-electron chi connectivity index (χ1n) is 6.75. The standard InChI is InChI=1S/C15H15N3O4S/c19-8-7-16-13(20)10-4-1-2-5-11(10)17-15(23)18-14(21)12-6-3-9-22-12/h1-6,9,19H,7-8H2,(H,16,20)(H2,17,18,21,23). The number of carbonyl (C=O) groups is 2. The molecule has 1 aromatic carbocycles. The van der Waals surface area contributed by atoms with Crippen molar-refractivity contribution in [3.63, 3.8) is 0 Å². The average Bonchev–Trinajstić information content (AvgIpc) is 3.07. The first kappa shape index (κ1) is 16.7. The smallest absolute Gasteiger partial charge is 0.293 e. The van der Waals surface area contributed by atoms with Crippen LogP contribution in [0.3, 0.4) is 0 Å².